The molecule has 0 fully saturated rings. The lowest BCUT2D eigenvalue weighted by atomic mass is 10.2. The Labute approximate surface area is 107 Å². The highest BCUT2D eigenvalue weighted by atomic mass is 32.1. The molecule has 0 radical (unpaired) electrons. The highest BCUT2D eigenvalue weighted by Gasteiger charge is 2.09. The third-order valence-corrected chi connectivity index (χ3v) is 3.43. The van der Waals surface area contributed by atoms with Gasteiger partial charge in [-0.2, -0.15) is 0 Å². The summed E-state index contributed by atoms with van der Waals surface area (Å²) in [6, 6.07) is 4.38. The predicted molar refractivity (Wildman–Crippen MR) is 69.4 cm³/mol. The number of aliphatic hydroxyl groups excluding tert-OH is 1. The molecule has 2 atom stereocenters. The summed E-state index contributed by atoms with van der Waals surface area (Å²) >= 11 is 1.72. The molecule has 1 aromatic heterocycles. The second-order valence-corrected chi connectivity index (χ2v) is 4.85. The van der Waals surface area contributed by atoms with Crippen LogP contribution in [0.1, 0.15) is 17.8 Å². The normalized spacial score (nSPS) is 14.8. The first kappa shape index (κ1) is 14.6. The summed E-state index contributed by atoms with van der Waals surface area (Å²) in [7, 11) is 1.63. The van der Waals surface area contributed by atoms with Crippen LogP contribution in [0.15, 0.2) is 17.5 Å². The number of rotatable bonds is 9. The van der Waals surface area contributed by atoms with Gasteiger partial charge in [0.25, 0.3) is 0 Å². The average Bonchev–Trinajstić information content (AvgIpc) is 2.85. The van der Waals surface area contributed by atoms with Gasteiger partial charge in [-0.15, -0.1) is 11.3 Å². The number of hydrogen-bond acceptors (Lipinski definition) is 5. The van der Waals surface area contributed by atoms with Gasteiger partial charge in [0.15, 0.2) is 0 Å². The van der Waals surface area contributed by atoms with Crippen LogP contribution in [0.5, 0.6) is 0 Å². The molecule has 0 saturated heterocycles. The molecule has 5 heteroatoms. The third kappa shape index (κ3) is 6.14. The van der Waals surface area contributed by atoms with Crippen molar-refractivity contribution in [3.05, 3.63) is 22.4 Å². The zero-order valence-corrected chi connectivity index (χ0v) is 11.2. The molecule has 4 nitrogen and oxygen atoms in total. The van der Waals surface area contributed by atoms with Crippen LogP contribution in [0.3, 0.4) is 0 Å². The number of nitrogens with one attached hydrogen (secondary N) is 1. The number of ether oxygens (including phenoxy) is 2. The number of aliphatic hydroxyl groups is 1. The minimum atomic E-state index is -0.478. The van der Waals surface area contributed by atoms with Gasteiger partial charge in [-0.3, -0.25) is 0 Å². The SMILES string of the molecule is COCCOCC(O)CNC(C)c1cccs1. The second-order valence-electron chi connectivity index (χ2n) is 3.87. The summed E-state index contributed by atoms with van der Waals surface area (Å²) in [5.41, 5.74) is 0. The van der Waals surface area contributed by atoms with Crippen molar-refractivity contribution in [1.29, 1.82) is 0 Å². The Morgan fingerprint density at radius 2 is 2.29 bits per heavy atom. The number of methoxy groups -OCH3 is 1. The molecule has 98 valence electrons. The quantitative estimate of drug-likeness (QED) is 0.659. The molecular formula is C12H21NO3S. The topological polar surface area (TPSA) is 50.7 Å². The third-order valence-electron chi connectivity index (χ3n) is 2.37. The van der Waals surface area contributed by atoms with Crippen molar-refractivity contribution in [2.45, 2.75) is 19.1 Å². The maximum atomic E-state index is 9.67. The fourth-order valence-corrected chi connectivity index (χ4v) is 2.13. The van der Waals surface area contributed by atoms with Crippen molar-refractivity contribution < 1.29 is 14.6 Å². The molecule has 0 bridgehead atoms. The van der Waals surface area contributed by atoms with E-state index in [9.17, 15) is 5.11 Å². The van der Waals surface area contributed by atoms with E-state index in [-0.39, 0.29) is 6.04 Å². The lowest BCUT2D eigenvalue weighted by molar-refractivity contribution is 0.0131. The molecule has 1 aromatic rings. The Kier molecular flexibility index (Phi) is 7.39. The Hall–Kier alpha value is -0.460. The van der Waals surface area contributed by atoms with Gasteiger partial charge in [0, 0.05) is 24.6 Å². The summed E-state index contributed by atoms with van der Waals surface area (Å²) in [6.45, 7) is 4.05. The minimum Gasteiger partial charge on any atom is -0.389 e. The molecule has 0 aliphatic rings. The fourth-order valence-electron chi connectivity index (χ4n) is 1.37. The summed E-state index contributed by atoms with van der Waals surface area (Å²) < 4.78 is 10.1. The smallest absolute Gasteiger partial charge is 0.0897 e. The molecule has 0 spiro atoms. The van der Waals surface area contributed by atoms with Crippen molar-refractivity contribution in [1.82, 2.24) is 5.32 Å². The fraction of sp³-hybridized carbons (Fsp3) is 0.667. The molecule has 1 heterocycles. The Bertz CT molecular complexity index is 279. The van der Waals surface area contributed by atoms with Crippen LogP contribution >= 0.6 is 11.3 Å². The summed E-state index contributed by atoms with van der Waals surface area (Å²) in [6.07, 6.45) is -0.478. The Morgan fingerprint density at radius 3 is 2.94 bits per heavy atom. The van der Waals surface area contributed by atoms with Crippen molar-refractivity contribution in [2.75, 3.05) is 33.5 Å². The van der Waals surface area contributed by atoms with Crippen LogP contribution in [0.2, 0.25) is 0 Å². The van der Waals surface area contributed by atoms with Gasteiger partial charge < -0.3 is 19.9 Å². The van der Waals surface area contributed by atoms with Gasteiger partial charge in [0.1, 0.15) is 0 Å². The van der Waals surface area contributed by atoms with Crippen LogP contribution in [-0.2, 0) is 9.47 Å². The van der Waals surface area contributed by atoms with Crippen LogP contribution in [0, 0.1) is 0 Å². The standard InChI is InChI=1S/C12H21NO3S/c1-10(12-4-3-7-17-12)13-8-11(14)9-16-6-5-15-2/h3-4,7,10-11,13-14H,5-6,8-9H2,1-2H3. The molecule has 0 aliphatic carbocycles. The zero-order chi connectivity index (χ0) is 12.5. The van der Waals surface area contributed by atoms with Gasteiger partial charge in [-0.05, 0) is 18.4 Å². The van der Waals surface area contributed by atoms with E-state index < -0.39 is 6.10 Å². The largest absolute Gasteiger partial charge is 0.389 e. The second kappa shape index (κ2) is 8.60. The van der Waals surface area contributed by atoms with Gasteiger partial charge in [0.2, 0.25) is 0 Å². The Balaban J connectivity index is 2.09. The molecule has 0 saturated carbocycles. The van der Waals surface area contributed by atoms with E-state index in [0.717, 1.165) is 0 Å². The maximum Gasteiger partial charge on any atom is 0.0897 e. The van der Waals surface area contributed by atoms with Gasteiger partial charge in [-0.25, -0.2) is 0 Å². The van der Waals surface area contributed by atoms with Crippen molar-refractivity contribution in [2.24, 2.45) is 0 Å². The summed E-state index contributed by atoms with van der Waals surface area (Å²) in [5, 5.41) is 15.0. The first-order chi connectivity index (χ1) is 8.24. The van der Waals surface area contributed by atoms with Crippen LogP contribution in [0.4, 0.5) is 0 Å². The van der Waals surface area contributed by atoms with Crippen LogP contribution < -0.4 is 5.32 Å². The van der Waals surface area contributed by atoms with E-state index in [0.29, 0.717) is 26.4 Å². The molecule has 17 heavy (non-hydrogen) atoms. The van der Waals surface area contributed by atoms with E-state index in [2.05, 4.69) is 23.7 Å². The predicted octanol–water partition coefficient (Wildman–Crippen LogP) is 1.42. The molecule has 2 unspecified atom stereocenters. The number of hydrogen-bond donors (Lipinski definition) is 2. The summed E-state index contributed by atoms with van der Waals surface area (Å²) in [4.78, 5) is 1.28. The lowest BCUT2D eigenvalue weighted by Crippen LogP contribution is -2.32. The maximum absolute atomic E-state index is 9.67. The highest BCUT2D eigenvalue weighted by Crippen LogP contribution is 2.17. The molecule has 1 rings (SSSR count). The van der Waals surface area contributed by atoms with E-state index in [1.807, 2.05) is 6.07 Å². The van der Waals surface area contributed by atoms with Crippen LogP contribution in [0.25, 0.3) is 0 Å². The molecule has 0 aliphatic heterocycles. The van der Waals surface area contributed by atoms with E-state index in [1.54, 1.807) is 18.4 Å². The zero-order valence-electron chi connectivity index (χ0n) is 10.4. The lowest BCUT2D eigenvalue weighted by Gasteiger charge is -2.16. The highest BCUT2D eigenvalue weighted by molar-refractivity contribution is 7.10. The van der Waals surface area contributed by atoms with Gasteiger partial charge >= 0.3 is 0 Å². The number of thiophene rings is 1. The van der Waals surface area contributed by atoms with E-state index in [4.69, 9.17) is 9.47 Å². The van der Waals surface area contributed by atoms with Crippen molar-refractivity contribution in [3.8, 4) is 0 Å². The molecule has 2 N–H and O–H groups in total. The van der Waals surface area contributed by atoms with Crippen molar-refractivity contribution >= 4 is 11.3 Å². The average molecular weight is 259 g/mol. The van der Waals surface area contributed by atoms with Gasteiger partial charge in [-0.1, -0.05) is 6.07 Å². The van der Waals surface area contributed by atoms with Crippen LogP contribution in [-0.4, -0.2) is 44.7 Å². The van der Waals surface area contributed by atoms with Gasteiger partial charge in [0.05, 0.1) is 25.9 Å². The first-order valence-corrected chi connectivity index (χ1v) is 6.63. The van der Waals surface area contributed by atoms with E-state index in [1.165, 1.54) is 4.88 Å². The summed E-state index contributed by atoms with van der Waals surface area (Å²) in [5.74, 6) is 0. The first-order valence-electron chi connectivity index (χ1n) is 5.75. The molecular weight excluding hydrogens is 238 g/mol. The molecule has 0 aromatic carbocycles. The molecule has 0 amide bonds. The minimum absolute atomic E-state index is 0.267. The van der Waals surface area contributed by atoms with Crippen molar-refractivity contribution in [3.63, 3.8) is 0 Å². The van der Waals surface area contributed by atoms with E-state index >= 15 is 0 Å². The Morgan fingerprint density at radius 1 is 1.47 bits per heavy atom. The monoisotopic (exact) mass is 259 g/mol.